The molecule has 0 N–H and O–H groups in total. The highest BCUT2D eigenvalue weighted by atomic mass is 35.5. The minimum atomic E-state index is -1.63. The monoisotopic (exact) mass is 396 g/mol. The number of carbonyl (C=O) groups is 1. The van der Waals surface area contributed by atoms with Crippen molar-refractivity contribution in [3.8, 4) is 0 Å². The number of methoxy groups -OCH3 is 1. The standard InChI is InChI=1S/C18H21ClF4O3/c1-5-6-7-12(18(2,3)19)17(24)26-9-11-15(22)13(20)10(8-25-4)14(21)16(11)23/h6-7,12H,5,8-9H2,1-4H3/b7-6-. The van der Waals surface area contributed by atoms with Crippen molar-refractivity contribution in [2.75, 3.05) is 7.11 Å². The summed E-state index contributed by atoms with van der Waals surface area (Å²) in [4.78, 5) is 11.2. The molecular weight excluding hydrogens is 376 g/mol. The van der Waals surface area contributed by atoms with Crippen molar-refractivity contribution in [3.05, 3.63) is 46.5 Å². The van der Waals surface area contributed by atoms with Crippen molar-refractivity contribution in [3.63, 3.8) is 0 Å². The fourth-order valence-electron chi connectivity index (χ4n) is 2.21. The van der Waals surface area contributed by atoms with Crippen LogP contribution in [-0.2, 0) is 27.5 Å². The minimum absolute atomic E-state index is 0.636. The zero-order valence-electron chi connectivity index (χ0n) is 15.0. The van der Waals surface area contributed by atoms with E-state index in [2.05, 4.69) is 4.74 Å². The van der Waals surface area contributed by atoms with Gasteiger partial charge in [-0.2, -0.15) is 0 Å². The first-order chi connectivity index (χ1) is 12.1. The number of carbonyl (C=O) groups excluding carboxylic acids is 1. The molecule has 0 spiro atoms. The molecule has 0 amide bonds. The SMILES string of the molecule is CC/C=C\C(C(=O)OCc1c(F)c(F)c(COC)c(F)c1F)C(C)(C)Cl. The Hall–Kier alpha value is -1.60. The lowest BCUT2D eigenvalue weighted by molar-refractivity contribution is -0.149. The molecule has 0 aliphatic carbocycles. The average molecular weight is 397 g/mol. The van der Waals surface area contributed by atoms with Crippen LogP contribution in [0.15, 0.2) is 12.2 Å². The van der Waals surface area contributed by atoms with Crippen LogP contribution in [0.2, 0.25) is 0 Å². The molecule has 0 heterocycles. The molecule has 0 aromatic heterocycles. The predicted octanol–water partition coefficient (Wildman–Crippen LogP) is 5.03. The quantitative estimate of drug-likeness (QED) is 0.203. The van der Waals surface area contributed by atoms with Gasteiger partial charge in [0.25, 0.3) is 0 Å². The van der Waals surface area contributed by atoms with Crippen molar-refractivity contribution in [2.24, 2.45) is 5.92 Å². The summed E-state index contributed by atoms with van der Waals surface area (Å²) >= 11 is 6.15. The number of hydrogen-bond acceptors (Lipinski definition) is 3. The molecule has 1 aromatic rings. The van der Waals surface area contributed by atoms with Gasteiger partial charge in [-0.1, -0.05) is 19.1 Å². The minimum Gasteiger partial charge on any atom is -0.460 e. The topological polar surface area (TPSA) is 35.5 Å². The van der Waals surface area contributed by atoms with Crippen molar-refractivity contribution in [2.45, 2.75) is 45.3 Å². The molecule has 146 valence electrons. The van der Waals surface area contributed by atoms with Crippen LogP contribution in [0.3, 0.4) is 0 Å². The van der Waals surface area contributed by atoms with Gasteiger partial charge in [0.15, 0.2) is 23.3 Å². The van der Waals surface area contributed by atoms with Gasteiger partial charge < -0.3 is 9.47 Å². The van der Waals surface area contributed by atoms with E-state index in [0.717, 1.165) is 7.11 Å². The molecule has 0 radical (unpaired) electrons. The van der Waals surface area contributed by atoms with E-state index in [4.69, 9.17) is 16.3 Å². The molecule has 26 heavy (non-hydrogen) atoms. The van der Waals surface area contributed by atoms with Crippen molar-refractivity contribution < 1.29 is 31.8 Å². The van der Waals surface area contributed by atoms with Crippen molar-refractivity contribution >= 4 is 17.6 Å². The second-order valence-electron chi connectivity index (χ2n) is 6.13. The fourth-order valence-corrected chi connectivity index (χ4v) is 2.38. The van der Waals surface area contributed by atoms with Gasteiger partial charge in [-0.05, 0) is 20.3 Å². The van der Waals surface area contributed by atoms with Crippen molar-refractivity contribution in [1.29, 1.82) is 0 Å². The molecule has 0 aliphatic heterocycles. The molecule has 0 saturated heterocycles. The number of rotatable bonds is 8. The van der Waals surface area contributed by atoms with E-state index >= 15 is 0 Å². The third kappa shape index (κ3) is 5.20. The van der Waals surface area contributed by atoms with E-state index in [0.29, 0.717) is 6.42 Å². The summed E-state index contributed by atoms with van der Waals surface area (Å²) < 4.78 is 65.3. The number of halogens is 5. The number of ether oxygens (including phenoxy) is 2. The lowest BCUT2D eigenvalue weighted by Gasteiger charge is -2.24. The molecular formula is C18H21ClF4O3. The van der Waals surface area contributed by atoms with E-state index in [9.17, 15) is 22.4 Å². The maximum absolute atomic E-state index is 14.0. The molecule has 1 atom stereocenters. The molecule has 1 unspecified atom stereocenters. The number of esters is 1. The second kappa shape index (κ2) is 9.37. The summed E-state index contributed by atoms with van der Waals surface area (Å²) in [6.45, 7) is 3.37. The molecule has 0 fully saturated rings. The van der Waals surface area contributed by atoms with Gasteiger partial charge in [-0.15, -0.1) is 11.6 Å². The number of benzene rings is 1. The van der Waals surface area contributed by atoms with Crippen LogP contribution in [0, 0.1) is 29.2 Å². The van der Waals surface area contributed by atoms with Crippen LogP contribution < -0.4 is 0 Å². The van der Waals surface area contributed by atoms with E-state index in [1.54, 1.807) is 19.9 Å². The van der Waals surface area contributed by atoms with Gasteiger partial charge in [-0.3, -0.25) is 4.79 Å². The molecule has 0 bridgehead atoms. The maximum Gasteiger partial charge on any atom is 0.314 e. The Balaban J connectivity index is 3.09. The molecule has 1 aromatic carbocycles. The lowest BCUT2D eigenvalue weighted by atomic mass is 9.94. The molecule has 1 rings (SSSR count). The number of hydrogen-bond donors (Lipinski definition) is 0. The number of allylic oxidation sites excluding steroid dienone is 1. The Bertz CT molecular complexity index is 655. The fraction of sp³-hybridized carbons (Fsp3) is 0.500. The van der Waals surface area contributed by atoms with Gasteiger partial charge in [0.05, 0.1) is 28.5 Å². The summed E-state index contributed by atoms with van der Waals surface area (Å²) in [6.07, 6.45) is 3.85. The smallest absolute Gasteiger partial charge is 0.314 e. The Labute approximate surface area is 154 Å². The molecule has 8 heteroatoms. The Morgan fingerprint density at radius 3 is 1.92 bits per heavy atom. The zero-order chi connectivity index (χ0) is 20.1. The highest BCUT2D eigenvalue weighted by molar-refractivity contribution is 6.25. The normalized spacial score (nSPS) is 13.3. The highest BCUT2D eigenvalue weighted by Gasteiger charge is 2.33. The van der Waals surface area contributed by atoms with E-state index in [1.165, 1.54) is 6.08 Å². The van der Waals surface area contributed by atoms with Crippen LogP contribution in [-0.4, -0.2) is 18.0 Å². The summed E-state index contributed by atoms with van der Waals surface area (Å²) in [5, 5.41) is 0. The maximum atomic E-state index is 14.0. The third-order valence-electron chi connectivity index (χ3n) is 3.65. The largest absolute Gasteiger partial charge is 0.460 e. The summed E-state index contributed by atoms with van der Waals surface area (Å²) in [7, 11) is 1.13. The third-order valence-corrected chi connectivity index (χ3v) is 3.89. The summed E-state index contributed by atoms with van der Waals surface area (Å²) in [5.74, 6) is -8.20. The first-order valence-corrected chi connectivity index (χ1v) is 8.28. The lowest BCUT2D eigenvalue weighted by Crippen LogP contribution is -2.32. The van der Waals surface area contributed by atoms with Crippen LogP contribution in [0.25, 0.3) is 0 Å². The number of alkyl halides is 1. The van der Waals surface area contributed by atoms with E-state index in [-0.39, 0.29) is 0 Å². The Kier molecular flexibility index (Phi) is 8.09. The molecule has 0 aliphatic rings. The molecule has 3 nitrogen and oxygen atoms in total. The molecule has 0 saturated carbocycles. The highest BCUT2D eigenvalue weighted by Crippen LogP contribution is 2.29. The van der Waals surface area contributed by atoms with Crippen molar-refractivity contribution in [1.82, 2.24) is 0 Å². The van der Waals surface area contributed by atoms with Crippen LogP contribution in [0.4, 0.5) is 17.6 Å². The summed E-state index contributed by atoms with van der Waals surface area (Å²) in [6, 6.07) is 0. The second-order valence-corrected chi connectivity index (χ2v) is 7.11. The van der Waals surface area contributed by atoms with Gasteiger partial charge in [0, 0.05) is 7.11 Å². The summed E-state index contributed by atoms with van der Waals surface area (Å²) in [5.41, 5.74) is -1.89. The average Bonchev–Trinajstić information content (AvgIpc) is 2.56. The zero-order valence-corrected chi connectivity index (χ0v) is 15.7. The Morgan fingerprint density at radius 2 is 1.54 bits per heavy atom. The van der Waals surface area contributed by atoms with Gasteiger partial charge >= 0.3 is 5.97 Å². The van der Waals surface area contributed by atoms with Gasteiger partial charge in [-0.25, -0.2) is 17.6 Å². The van der Waals surface area contributed by atoms with E-state index < -0.39 is 64.4 Å². The van der Waals surface area contributed by atoms with Crippen LogP contribution in [0.5, 0.6) is 0 Å². The van der Waals surface area contributed by atoms with Crippen LogP contribution >= 0.6 is 11.6 Å². The van der Waals surface area contributed by atoms with E-state index in [1.807, 2.05) is 6.92 Å². The first kappa shape index (κ1) is 22.4. The van der Waals surface area contributed by atoms with Crippen LogP contribution in [0.1, 0.15) is 38.3 Å². The van der Waals surface area contributed by atoms with Gasteiger partial charge in [0.1, 0.15) is 6.61 Å². The predicted molar refractivity (Wildman–Crippen MR) is 89.6 cm³/mol. The first-order valence-electron chi connectivity index (χ1n) is 7.91. The Morgan fingerprint density at radius 1 is 1.08 bits per heavy atom. The van der Waals surface area contributed by atoms with Gasteiger partial charge in [0.2, 0.25) is 0 Å².